The van der Waals surface area contributed by atoms with Gasteiger partial charge < -0.3 is 5.32 Å². The molecule has 0 radical (unpaired) electrons. The van der Waals surface area contributed by atoms with E-state index in [1.165, 1.54) is 6.33 Å². The van der Waals surface area contributed by atoms with Gasteiger partial charge in [-0.2, -0.15) is 0 Å². The summed E-state index contributed by atoms with van der Waals surface area (Å²) in [5.74, 6) is -0.210. The Kier molecular flexibility index (Phi) is 2.91. The summed E-state index contributed by atoms with van der Waals surface area (Å²) in [5, 5.41) is 3.45. The molecule has 1 aromatic carbocycles. The van der Waals surface area contributed by atoms with Crippen LogP contribution >= 0.6 is 0 Å². The van der Waals surface area contributed by atoms with E-state index in [0.717, 1.165) is 10.9 Å². The van der Waals surface area contributed by atoms with E-state index in [2.05, 4.69) is 21.9 Å². The number of hydrogen-bond acceptors (Lipinski definition) is 3. The molecule has 1 heterocycles. The van der Waals surface area contributed by atoms with Gasteiger partial charge in [-0.3, -0.25) is 4.79 Å². The van der Waals surface area contributed by atoms with E-state index < -0.39 is 0 Å². The third-order valence-electron chi connectivity index (χ3n) is 2.16. The van der Waals surface area contributed by atoms with E-state index in [9.17, 15) is 4.79 Å². The van der Waals surface area contributed by atoms with Gasteiger partial charge in [-0.1, -0.05) is 24.3 Å². The Morgan fingerprint density at radius 2 is 2.19 bits per heavy atom. The van der Waals surface area contributed by atoms with Crippen LogP contribution in [-0.4, -0.2) is 22.4 Å². The Balaban J connectivity index is 2.44. The molecule has 80 valence electrons. The van der Waals surface area contributed by atoms with Gasteiger partial charge in [0.1, 0.15) is 12.0 Å². The molecule has 0 aliphatic heterocycles. The number of rotatable bonds is 3. The summed E-state index contributed by atoms with van der Waals surface area (Å²) in [5.41, 5.74) is 1.16. The molecule has 0 aliphatic carbocycles. The quantitative estimate of drug-likeness (QED) is 0.787. The lowest BCUT2D eigenvalue weighted by Crippen LogP contribution is -2.24. The van der Waals surface area contributed by atoms with Crippen LogP contribution in [0.3, 0.4) is 0 Å². The minimum Gasteiger partial charge on any atom is -0.347 e. The van der Waals surface area contributed by atoms with E-state index in [-0.39, 0.29) is 5.91 Å². The van der Waals surface area contributed by atoms with Crippen molar-refractivity contribution < 1.29 is 4.79 Å². The first-order valence-electron chi connectivity index (χ1n) is 4.92. The highest BCUT2D eigenvalue weighted by Gasteiger charge is 2.10. The zero-order chi connectivity index (χ0) is 11.4. The smallest absolute Gasteiger partial charge is 0.270 e. The molecular formula is C12H11N3O. The largest absolute Gasteiger partial charge is 0.347 e. The van der Waals surface area contributed by atoms with Crippen LogP contribution < -0.4 is 5.32 Å². The highest BCUT2D eigenvalue weighted by atomic mass is 16.1. The summed E-state index contributed by atoms with van der Waals surface area (Å²) in [7, 11) is 0. The molecule has 0 saturated carbocycles. The molecular weight excluding hydrogens is 202 g/mol. The lowest BCUT2D eigenvalue weighted by Gasteiger charge is -2.04. The number of aromatic nitrogens is 2. The highest BCUT2D eigenvalue weighted by molar-refractivity contribution is 6.04. The predicted molar refractivity (Wildman–Crippen MR) is 62.1 cm³/mol. The number of para-hydroxylation sites is 1. The number of hydrogen-bond donors (Lipinski definition) is 1. The summed E-state index contributed by atoms with van der Waals surface area (Å²) in [6.07, 6.45) is 3.02. The fourth-order valence-electron chi connectivity index (χ4n) is 1.43. The van der Waals surface area contributed by atoms with Crippen LogP contribution in [0.25, 0.3) is 10.9 Å². The van der Waals surface area contributed by atoms with Gasteiger partial charge in [0.2, 0.25) is 0 Å². The fourth-order valence-corrected chi connectivity index (χ4v) is 1.43. The van der Waals surface area contributed by atoms with Gasteiger partial charge in [0, 0.05) is 11.9 Å². The van der Waals surface area contributed by atoms with E-state index in [1.807, 2.05) is 24.3 Å². The summed E-state index contributed by atoms with van der Waals surface area (Å²) in [4.78, 5) is 19.9. The lowest BCUT2D eigenvalue weighted by molar-refractivity contribution is 0.0955. The van der Waals surface area contributed by atoms with E-state index in [4.69, 9.17) is 0 Å². The number of carbonyl (C=O) groups is 1. The van der Waals surface area contributed by atoms with Gasteiger partial charge in [0.15, 0.2) is 0 Å². The molecule has 0 fully saturated rings. The first-order chi connectivity index (χ1) is 7.83. The third-order valence-corrected chi connectivity index (χ3v) is 2.16. The van der Waals surface area contributed by atoms with Gasteiger partial charge in [-0.05, 0) is 6.07 Å². The number of amides is 1. The average Bonchev–Trinajstić information content (AvgIpc) is 2.35. The minimum atomic E-state index is -0.210. The van der Waals surface area contributed by atoms with Crippen molar-refractivity contribution in [3.05, 3.63) is 48.9 Å². The van der Waals surface area contributed by atoms with Crippen LogP contribution in [0, 0.1) is 0 Å². The van der Waals surface area contributed by atoms with Crippen molar-refractivity contribution in [2.24, 2.45) is 0 Å². The molecule has 16 heavy (non-hydrogen) atoms. The lowest BCUT2D eigenvalue weighted by atomic mass is 10.2. The molecule has 1 aromatic heterocycles. The van der Waals surface area contributed by atoms with Crippen molar-refractivity contribution in [3.8, 4) is 0 Å². The standard InChI is InChI=1S/C12H11N3O/c1-2-7-13-12(16)11-9-5-3-4-6-10(9)14-8-15-11/h2-6,8H,1,7H2,(H,13,16). The molecule has 1 amide bonds. The fraction of sp³-hybridized carbons (Fsp3) is 0.0833. The zero-order valence-corrected chi connectivity index (χ0v) is 8.68. The van der Waals surface area contributed by atoms with Gasteiger partial charge in [0.25, 0.3) is 5.91 Å². The van der Waals surface area contributed by atoms with Gasteiger partial charge in [0.05, 0.1) is 5.52 Å². The van der Waals surface area contributed by atoms with Crippen molar-refractivity contribution in [1.29, 1.82) is 0 Å². The normalized spacial score (nSPS) is 10.0. The molecule has 0 aliphatic rings. The SMILES string of the molecule is C=CCNC(=O)c1ncnc2ccccc12. The predicted octanol–water partition coefficient (Wildman–Crippen LogP) is 1.55. The van der Waals surface area contributed by atoms with Crippen molar-refractivity contribution >= 4 is 16.8 Å². The second-order valence-corrected chi connectivity index (χ2v) is 3.24. The maximum atomic E-state index is 11.8. The molecule has 0 atom stereocenters. The third kappa shape index (κ3) is 1.91. The molecule has 0 saturated heterocycles. The van der Waals surface area contributed by atoms with Crippen LogP contribution in [-0.2, 0) is 0 Å². The van der Waals surface area contributed by atoms with Crippen molar-refractivity contribution in [2.75, 3.05) is 6.54 Å². The molecule has 0 bridgehead atoms. The number of nitrogens with zero attached hydrogens (tertiary/aromatic N) is 2. The number of fused-ring (bicyclic) bond motifs is 1. The Bertz CT molecular complexity index is 531. The van der Waals surface area contributed by atoms with Gasteiger partial charge >= 0.3 is 0 Å². The highest BCUT2D eigenvalue weighted by Crippen LogP contribution is 2.13. The molecule has 2 rings (SSSR count). The topological polar surface area (TPSA) is 54.9 Å². The Morgan fingerprint density at radius 1 is 1.38 bits per heavy atom. The molecule has 1 N–H and O–H groups in total. The van der Waals surface area contributed by atoms with Crippen LogP contribution in [0.5, 0.6) is 0 Å². The first-order valence-corrected chi connectivity index (χ1v) is 4.92. The van der Waals surface area contributed by atoms with E-state index >= 15 is 0 Å². The van der Waals surface area contributed by atoms with Crippen LogP contribution in [0.1, 0.15) is 10.5 Å². The van der Waals surface area contributed by atoms with Gasteiger partial charge in [-0.25, -0.2) is 9.97 Å². The number of nitrogens with one attached hydrogen (secondary N) is 1. The Hall–Kier alpha value is -2.23. The van der Waals surface area contributed by atoms with Gasteiger partial charge in [-0.15, -0.1) is 6.58 Å². The van der Waals surface area contributed by atoms with E-state index in [0.29, 0.717) is 12.2 Å². The second-order valence-electron chi connectivity index (χ2n) is 3.24. The van der Waals surface area contributed by atoms with Crippen molar-refractivity contribution in [3.63, 3.8) is 0 Å². The van der Waals surface area contributed by atoms with Crippen molar-refractivity contribution in [1.82, 2.24) is 15.3 Å². The summed E-state index contributed by atoms with van der Waals surface area (Å²) < 4.78 is 0. The number of benzene rings is 1. The Labute approximate surface area is 93.0 Å². The summed E-state index contributed by atoms with van der Waals surface area (Å²) in [6, 6.07) is 7.41. The monoisotopic (exact) mass is 213 g/mol. The summed E-state index contributed by atoms with van der Waals surface area (Å²) >= 11 is 0. The van der Waals surface area contributed by atoms with Crippen LogP contribution in [0.4, 0.5) is 0 Å². The zero-order valence-electron chi connectivity index (χ0n) is 8.68. The summed E-state index contributed by atoms with van der Waals surface area (Å²) in [6.45, 7) is 3.97. The Morgan fingerprint density at radius 3 is 3.00 bits per heavy atom. The van der Waals surface area contributed by atoms with Crippen LogP contribution in [0.2, 0.25) is 0 Å². The second kappa shape index (κ2) is 4.53. The van der Waals surface area contributed by atoms with E-state index in [1.54, 1.807) is 6.08 Å². The average molecular weight is 213 g/mol. The first kappa shape index (κ1) is 10.3. The molecule has 4 heteroatoms. The van der Waals surface area contributed by atoms with Crippen molar-refractivity contribution in [2.45, 2.75) is 0 Å². The molecule has 0 unspecified atom stereocenters. The maximum Gasteiger partial charge on any atom is 0.270 e. The molecule has 4 nitrogen and oxygen atoms in total. The number of carbonyl (C=O) groups excluding carboxylic acids is 1. The minimum absolute atomic E-state index is 0.210. The molecule has 2 aromatic rings. The maximum absolute atomic E-state index is 11.8. The van der Waals surface area contributed by atoms with Crippen LogP contribution in [0.15, 0.2) is 43.2 Å². The molecule has 0 spiro atoms.